The summed E-state index contributed by atoms with van der Waals surface area (Å²) < 4.78 is 4.59. The number of carbonyl (C=O) groups is 2. The number of aromatic nitrogens is 2. The fourth-order valence-corrected chi connectivity index (χ4v) is 3.52. The summed E-state index contributed by atoms with van der Waals surface area (Å²) in [4.78, 5) is 37.0. The summed E-state index contributed by atoms with van der Waals surface area (Å²) in [5.41, 5.74) is 1.31. The molecule has 3 aromatic carbocycles. The summed E-state index contributed by atoms with van der Waals surface area (Å²) in [5, 5.41) is 21.8. The van der Waals surface area contributed by atoms with E-state index in [0.29, 0.717) is 11.1 Å². The van der Waals surface area contributed by atoms with Gasteiger partial charge in [-0.15, -0.1) is 0 Å². The van der Waals surface area contributed by atoms with Gasteiger partial charge in [0.1, 0.15) is 11.2 Å². The first-order valence-corrected chi connectivity index (χ1v) is 8.54. The third kappa shape index (κ3) is 2.41. The van der Waals surface area contributed by atoms with Gasteiger partial charge in [-0.1, -0.05) is 36.4 Å². The summed E-state index contributed by atoms with van der Waals surface area (Å²) in [5.74, 6) is -0.602. The van der Waals surface area contributed by atoms with Gasteiger partial charge in [-0.3, -0.25) is 19.7 Å². The lowest BCUT2D eigenvalue weighted by molar-refractivity contribution is -0.382. The van der Waals surface area contributed by atoms with Crippen molar-refractivity contribution in [1.29, 1.82) is 0 Å². The molecular formula is C20H10N4O5. The quantitative estimate of drug-likeness (QED) is 0.367. The van der Waals surface area contributed by atoms with Crippen molar-refractivity contribution in [1.82, 2.24) is 10.3 Å². The molecule has 0 aliphatic heterocycles. The fraction of sp³-hybridized carbons (Fsp3) is 0. The topological polar surface area (TPSA) is 128 Å². The summed E-state index contributed by atoms with van der Waals surface area (Å²) in [7, 11) is 0. The molecule has 29 heavy (non-hydrogen) atoms. The molecule has 0 atom stereocenters. The molecule has 9 nitrogen and oxygen atoms in total. The Hall–Kier alpha value is -4.40. The number of nitrogens with zero attached hydrogens (tertiary/aromatic N) is 3. The van der Waals surface area contributed by atoms with Crippen molar-refractivity contribution < 1.29 is 19.1 Å². The molecule has 0 unspecified atom stereocenters. The number of benzene rings is 3. The Morgan fingerprint density at radius 1 is 0.828 bits per heavy atom. The van der Waals surface area contributed by atoms with Gasteiger partial charge in [0.25, 0.3) is 0 Å². The second-order valence-corrected chi connectivity index (χ2v) is 6.41. The average molecular weight is 386 g/mol. The molecule has 0 spiro atoms. The van der Waals surface area contributed by atoms with Gasteiger partial charge in [-0.2, -0.15) is 0 Å². The van der Waals surface area contributed by atoms with E-state index in [0.717, 1.165) is 0 Å². The Balaban J connectivity index is 1.68. The molecule has 4 aromatic rings. The van der Waals surface area contributed by atoms with Crippen LogP contribution < -0.4 is 5.32 Å². The smallest absolute Gasteiger partial charge is 0.323 e. The second-order valence-electron chi connectivity index (χ2n) is 6.41. The van der Waals surface area contributed by atoms with Crippen molar-refractivity contribution in [3.8, 4) is 0 Å². The van der Waals surface area contributed by atoms with Gasteiger partial charge < -0.3 is 5.32 Å². The van der Waals surface area contributed by atoms with Crippen molar-refractivity contribution in [3.05, 3.63) is 87.0 Å². The molecule has 0 radical (unpaired) electrons. The largest absolute Gasteiger partial charge is 0.349 e. The molecule has 0 saturated carbocycles. The highest BCUT2D eigenvalue weighted by atomic mass is 16.6. The number of hydrogen-bond donors (Lipinski definition) is 1. The Labute approximate surface area is 162 Å². The van der Waals surface area contributed by atoms with Crippen LogP contribution in [0.25, 0.3) is 11.0 Å². The Bertz CT molecular complexity index is 1360. The third-order valence-electron chi connectivity index (χ3n) is 4.81. The fourth-order valence-electron chi connectivity index (χ4n) is 3.52. The standard InChI is InChI=1S/C20H10N4O5/c25-19-10-4-1-2-5-11(10)20(26)16-12(19)6-3-7-13(16)21-15-9-8-14-17(23-29-22-14)18(15)24(27)28/h1-9,21H. The highest BCUT2D eigenvalue weighted by Gasteiger charge is 2.32. The van der Waals surface area contributed by atoms with E-state index in [1.165, 1.54) is 12.1 Å². The van der Waals surface area contributed by atoms with Gasteiger partial charge in [0, 0.05) is 16.7 Å². The molecule has 0 amide bonds. The van der Waals surface area contributed by atoms with Gasteiger partial charge in [0.05, 0.1) is 16.2 Å². The second kappa shape index (κ2) is 6.06. The Morgan fingerprint density at radius 2 is 1.55 bits per heavy atom. The molecule has 0 fully saturated rings. The molecule has 1 N–H and O–H groups in total. The first kappa shape index (κ1) is 16.8. The minimum Gasteiger partial charge on any atom is -0.349 e. The number of nitro groups is 1. The van der Waals surface area contributed by atoms with Crippen LogP contribution in [0, 0.1) is 10.1 Å². The summed E-state index contributed by atoms with van der Waals surface area (Å²) in [6, 6.07) is 14.3. The molecule has 1 aromatic heterocycles. The van der Waals surface area contributed by atoms with E-state index in [-0.39, 0.29) is 50.8 Å². The Morgan fingerprint density at radius 3 is 2.31 bits per heavy atom. The zero-order chi connectivity index (χ0) is 20.1. The van der Waals surface area contributed by atoms with E-state index in [9.17, 15) is 19.7 Å². The zero-order valence-corrected chi connectivity index (χ0v) is 14.6. The number of nitrogens with one attached hydrogen (secondary N) is 1. The van der Waals surface area contributed by atoms with Gasteiger partial charge in [0.2, 0.25) is 5.52 Å². The zero-order valence-electron chi connectivity index (χ0n) is 14.6. The highest BCUT2D eigenvalue weighted by Crippen LogP contribution is 2.37. The lowest BCUT2D eigenvalue weighted by Gasteiger charge is -2.20. The molecule has 140 valence electrons. The van der Waals surface area contributed by atoms with Crippen LogP contribution in [0.2, 0.25) is 0 Å². The maximum absolute atomic E-state index is 13.1. The maximum Gasteiger partial charge on any atom is 0.323 e. The number of rotatable bonds is 3. The van der Waals surface area contributed by atoms with Crippen LogP contribution >= 0.6 is 0 Å². The van der Waals surface area contributed by atoms with Crippen molar-refractivity contribution in [2.45, 2.75) is 0 Å². The highest BCUT2D eigenvalue weighted by molar-refractivity contribution is 6.30. The molecule has 0 bridgehead atoms. The first-order chi connectivity index (χ1) is 14.1. The first-order valence-electron chi connectivity index (χ1n) is 8.54. The van der Waals surface area contributed by atoms with E-state index >= 15 is 0 Å². The lowest BCUT2D eigenvalue weighted by Crippen LogP contribution is -2.22. The number of ketones is 2. The van der Waals surface area contributed by atoms with E-state index in [1.807, 2.05) is 0 Å². The number of carbonyl (C=O) groups excluding carboxylic acids is 2. The molecule has 9 heteroatoms. The van der Waals surface area contributed by atoms with E-state index in [1.54, 1.807) is 42.5 Å². The van der Waals surface area contributed by atoms with Gasteiger partial charge in [-0.05, 0) is 28.5 Å². The minimum absolute atomic E-state index is 0.0162. The predicted molar refractivity (Wildman–Crippen MR) is 101 cm³/mol. The van der Waals surface area contributed by atoms with Crippen LogP contribution in [0.15, 0.2) is 59.2 Å². The van der Waals surface area contributed by atoms with Crippen molar-refractivity contribution in [2.75, 3.05) is 5.32 Å². The lowest BCUT2D eigenvalue weighted by atomic mass is 9.83. The number of nitro benzene ring substituents is 1. The molecule has 0 saturated heterocycles. The van der Waals surface area contributed by atoms with Crippen LogP contribution in [0.4, 0.5) is 17.1 Å². The average Bonchev–Trinajstić information content (AvgIpc) is 3.20. The van der Waals surface area contributed by atoms with Crippen molar-refractivity contribution >= 4 is 39.7 Å². The van der Waals surface area contributed by atoms with Crippen LogP contribution in [-0.2, 0) is 0 Å². The molecule has 1 heterocycles. The number of hydrogen-bond acceptors (Lipinski definition) is 8. The predicted octanol–water partition coefficient (Wildman–Crippen LogP) is 3.65. The minimum atomic E-state index is -0.605. The molecule has 1 aliphatic carbocycles. The van der Waals surface area contributed by atoms with E-state index < -0.39 is 4.92 Å². The maximum atomic E-state index is 13.1. The summed E-state index contributed by atoms with van der Waals surface area (Å²) in [6.07, 6.45) is 0. The van der Waals surface area contributed by atoms with Gasteiger partial charge in [-0.25, -0.2) is 4.63 Å². The van der Waals surface area contributed by atoms with Crippen molar-refractivity contribution in [2.24, 2.45) is 0 Å². The SMILES string of the molecule is O=C1c2ccccc2C(=O)c2c(Nc3ccc4nonc4c3[N+](=O)[O-])cccc21. The van der Waals surface area contributed by atoms with E-state index in [4.69, 9.17) is 0 Å². The number of anilines is 2. The molecule has 5 rings (SSSR count). The van der Waals surface area contributed by atoms with Crippen LogP contribution in [0.5, 0.6) is 0 Å². The van der Waals surface area contributed by atoms with Gasteiger partial charge >= 0.3 is 5.69 Å². The summed E-state index contributed by atoms with van der Waals surface area (Å²) in [6.45, 7) is 0. The number of fused-ring (bicyclic) bond motifs is 3. The monoisotopic (exact) mass is 386 g/mol. The van der Waals surface area contributed by atoms with Gasteiger partial charge in [0.15, 0.2) is 11.6 Å². The molecular weight excluding hydrogens is 376 g/mol. The third-order valence-corrected chi connectivity index (χ3v) is 4.81. The summed E-state index contributed by atoms with van der Waals surface area (Å²) >= 11 is 0. The van der Waals surface area contributed by atoms with Crippen LogP contribution in [0.1, 0.15) is 31.8 Å². The Kier molecular flexibility index (Phi) is 3.50. The van der Waals surface area contributed by atoms with Crippen LogP contribution in [-0.4, -0.2) is 26.8 Å². The normalized spacial score (nSPS) is 12.6. The van der Waals surface area contributed by atoms with Crippen LogP contribution in [0.3, 0.4) is 0 Å². The van der Waals surface area contributed by atoms with Crippen molar-refractivity contribution in [3.63, 3.8) is 0 Å². The molecule has 1 aliphatic rings. The van der Waals surface area contributed by atoms with E-state index in [2.05, 4.69) is 20.3 Å².